The number of ether oxygens (including phenoxy) is 1. The Hall–Kier alpha value is -5.26. The largest absolute Gasteiger partial charge is 0.497 e. The molecule has 1 saturated carbocycles. The van der Waals surface area contributed by atoms with Gasteiger partial charge in [-0.25, -0.2) is 23.1 Å². The SMILES string of the molecule is CCN1CCCC(CCN2CCn3c(c(C4CCCCC4)c4ccc(C(=O)NS(=O)(=O)c5ccccc5)nc43)-c3ccc4nc(-c5ccc(OC)cc5)ccc4c32)C1. The highest BCUT2D eigenvalue weighted by Crippen LogP contribution is 2.49. The number of benzene rings is 3. The van der Waals surface area contributed by atoms with Crippen LogP contribution in [0, 0.1) is 5.92 Å². The molecule has 2 fully saturated rings. The quantitative estimate of drug-likeness (QED) is 0.146. The Kier molecular flexibility index (Phi) is 10.7. The molecule has 1 amide bonds. The van der Waals surface area contributed by atoms with Crippen molar-refractivity contribution in [3.05, 3.63) is 102 Å². The Morgan fingerprint density at radius 2 is 1.62 bits per heavy atom. The minimum absolute atomic E-state index is 0.0331. The topological polar surface area (TPSA) is 110 Å². The van der Waals surface area contributed by atoms with Crippen molar-refractivity contribution in [3.63, 3.8) is 0 Å². The second-order valence-corrected chi connectivity index (χ2v) is 17.9. The van der Waals surface area contributed by atoms with E-state index in [1.807, 2.05) is 18.2 Å². The number of piperidine rings is 1. The molecule has 1 atom stereocenters. The number of nitrogens with one attached hydrogen (secondary N) is 1. The zero-order chi connectivity index (χ0) is 39.8. The third-order valence-corrected chi connectivity index (χ3v) is 14.1. The summed E-state index contributed by atoms with van der Waals surface area (Å²) in [5.41, 5.74) is 8.54. The fraction of sp³-hybridized carbons (Fsp3) is 0.383. The van der Waals surface area contributed by atoms with E-state index in [9.17, 15) is 13.2 Å². The molecule has 0 radical (unpaired) electrons. The average Bonchev–Trinajstić information content (AvgIpc) is 3.50. The maximum atomic E-state index is 13.7. The van der Waals surface area contributed by atoms with Crippen LogP contribution in [-0.2, 0) is 16.6 Å². The van der Waals surface area contributed by atoms with Crippen molar-refractivity contribution in [2.75, 3.05) is 44.7 Å². The fourth-order valence-corrected chi connectivity index (χ4v) is 10.7. The van der Waals surface area contributed by atoms with Gasteiger partial charge >= 0.3 is 0 Å². The summed E-state index contributed by atoms with van der Waals surface area (Å²) in [4.78, 5) is 29.2. The summed E-state index contributed by atoms with van der Waals surface area (Å²) in [5, 5.41) is 2.17. The van der Waals surface area contributed by atoms with Gasteiger partial charge in [0.25, 0.3) is 15.9 Å². The Morgan fingerprint density at radius 3 is 2.40 bits per heavy atom. The van der Waals surface area contributed by atoms with Crippen LogP contribution >= 0.6 is 0 Å². The Balaban J connectivity index is 1.18. The van der Waals surface area contributed by atoms with Gasteiger partial charge in [0.15, 0.2) is 0 Å². The summed E-state index contributed by atoms with van der Waals surface area (Å²) in [7, 11) is -2.40. The van der Waals surface area contributed by atoms with E-state index >= 15 is 0 Å². The number of fused-ring (bicyclic) bond motifs is 7. The summed E-state index contributed by atoms with van der Waals surface area (Å²) in [6.07, 6.45) is 9.37. The maximum absolute atomic E-state index is 13.7. The van der Waals surface area contributed by atoms with Crippen molar-refractivity contribution in [2.45, 2.75) is 75.6 Å². The second-order valence-electron chi connectivity index (χ2n) is 16.2. The summed E-state index contributed by atoms with van der Waals surface area (Å²) < 4.78 is 36.4. The van der Waals surface area contributed by atoms with Crippen molar-refractivity contribution in [1.29, 1.82) is 0 Å². The lowest BCUT2D eigenvalue weighted by atomic mass is 9.81. The van der Waals surface area contributed by atoms with E-state index in [1.54, 1.807) is 31.4 Å². The minimum atomic E-state index is -4.08. The first-order valence-corrected chi connectivity index (χ1v) is 22.5. The smallest absolute Gasteiger partial charge is 0.283 e. The molecule has 1 N–H and O–H groups in total. The molecule has 10 nitrogen and oxygen atoms in total. The molecule has 300 valence electrons. The number of aromatic nitrogens is 3. The van der Waals surface area contributed by atoms with Crippen LogP contribution in [0.25, 0.3) is 44.5 Å². The van der Waals surface area contributed by atoms with E-state index in [1.165, 1.54) is 67.6 Å². The molecular weight excluding hydrogens is 745 g/mol. The van der Waals surface area contributed by atoms with E-state index in [2.05, 4.69) is 62.4 Å². The molecule has 1 saturated heterocycles. The van der Waals surface area contributed by atoms with Crippen molar-refractivity contribution < 1.29 is 17.9 Å². The van der Waals surface area contributed by atoms with Gasteiger partial charge in [0, 0.05) is 48.1 Å². The molecule has 3 aromatic carbocycles. The average molecular weight is 797 g/mol. The zero-order valence-corrected chi connectivity index (χ0v) is 34.3. The number of sulfonamides is 1. The molecule has 2 aliphatic heterocycles. The predicted octanol–water partition coefficient (Wildman–Crippen LogP) is 9.04. The van der Waals surface area contributed by atoms with Gasteiger partial charge in [-0.3, -0.25) is 4.79 Å². The van der Waals surface area contributed by atoms with E-state index in [4.69, 9.17) is 14.7 Å². The van der Waals surface area contributed by atoms with Gasteiger partial charge < -0.3 is 19.1 Å². The molecule has 5 heterocycles. The lowest BCUT2D eigenvalue weighted by Crippen LogP contribution is -2.37. The van der Waals surface area contributed by atoms with Crippen molar-refractivity contribution in [3.8, 4) is 28.3 Å². The standard InChI is InChI=1S/C47H52N6O4S/c1-3-51-27-10-11-32(31-51)26-28-52-29-30-53-45(39-22-24-41-37(44(39)52)20-23-40(48-41)33-16-18-35(57-2)19-17-33)43(34-12-6-4-7-13-34)38-21-25-42(49-46(38)53)47(54)50-58(55,56)36-14-8-5-9-15-36/h5,8-9,14-25,32,34H,3-4,6-7,10-13,26-31H2,1-2H3,(H,50,54). The van der Waals surface area contributed by atoms with Gasteiger partial charge in [-0.15, -0.1) is 0 Å². The summed E-state index contributed by atoms with van der Waals surface area (Å²) >= 11 is 0. The molecule has 11 heteroatoms. The number of hydrogen-bond donors (Lipinski definition) is 1. The van der Waals surface area contributed by atoms with Gasteiger partial charge in [-0.1, -0.05) is 44.4 Å². The van der Waals surface area contributed by atoms with Crippen LogP contribution in [-0.4, -0.2) is 73.6 Å². The van der Waals surface area contributed by atoms with Gasteiger partial charge in [0.05, 0.1) is 34.6 Å². The monoisotopic (exact) mass is 796 g/mol. The van der Waals surface area contributed by atoms with Gasteiger partial charge in [-0.05, 0) is 135 Å². The van der Waals surface area contributed by atoms with Gasteiger partial charge in [0.1, 0.15) is 17.1 Å². The first-order chi connectivity index (χ1) is 28.3. The normalized spacial score (nSPS) is 17.8. The van der Waals surface area contributed by atoms with Crippen LogP contribution in [0.4, 0.5) is 5.69 Å². The number of likely N-dealkylation sites (tertiary alicyclic amines) is 1. The fourth-order valence-electron chi connectivity index (χ4n) is 9.73. The third kappa shape index (κ3) is 7.34. The Bertz CT molecular complexity index is 2570. The number of methoxy groups -OCH3 is 1. The van der Waals surface area contributed by atoms with E-state index in [-0.39, 0.29) is 10.6 Å². The molecule has 6 aromatic rings. The summed E-state index contributed by atoms with van der Waals surface area (Å²) in [6, 6.07) is 28.5. The van der Waals surface area contributed by atoms with E-state index in [0.717, 1.165) is 90.1 Å². The van der Waals surface area contributed by atoms with Crippen LogP contribution < -0.4 is 14.4 Å². The highest BCUT2D eigenvalue weighted by Gasteiger charge is 2.33. The molecule has 1 unspecified atom stereocenters. The molecule has 58 heavy (non-hydrogen) atoms. The molecule has 1 aliphatic carbocycles. The number of anilines is 1. The molecular formula is C47H52N6O4S. The minimum Gasteiger partial charge on any atom is -0.497 e. The van der Waals surface area contributed by atoms with Crippen molar-refractivity contribution >= 4 is 43.6 Å². The molecule has 3 aromatic heterocycles. The number of carbonyl (C=O) groups is 1. The zero-order valence-electron chi connectivity index (χ0n) is 33.5. The van der Waals surface area contributed by atoms with Crippen LogP contribution in [0.1, 0.15) is 80.3 Å². The van der Waals surface area contributed by atoms with Crippen molar-refractivity contribution in [1.82, 2.24) is 24.2 Å². The summed E-state index contributed by atoms with van der Waals surface area (Å²) in [5.74, 6) is 1.06. The predicted molar refractivity (Wildman–Crippen MR) is 231 cm³/mol. The van der Waals surface area contributed by atoms with Crippen LogP contribution in [0.15, 0.2) is 95.9 Å². The maximum Gasteiger partial charge on any atom is 0.283 e. The molecule has 0 spiro atoms. The van der Waals surface area contributed by atoms with Crippen LogP contribution in [0.5, 0.6) is 5.75 Å². The van der Waals surface area contributed by atoms with Crippen LogP contribution in [0.3, 0.4) is 0 Å². The molecule has 3 aliphatic rings. The Labute approximate surface area is 341 Å². The Morgan fingerprint density at radius 1 is 0.828 bits per heavy atom. The van der Waals surface area contributed by atoms with Gasteiger partial charge in [0.2, 0.25) is 0 Å². The lowest BCUT2D eigenvalue weighted by molar-refractivity contribution is 0.0977. The number of amides is 1. The number of rotatable bonds is 10. The first kappa shape index (κ1) is 38.3. The third-order valence-electron chi connectivity index (χ3n) is 12.7. The number of carbonyl (C=O) groups excluding carboxylic acids is 1. The van der Waals surface area contributed by atoms with E-state index < -0.39 is 15.9 Å². The van der Waals surface area contributed by atoms with E-state index in [0.29, 0.717) is 18.4 Å². The highest BCUT2D eigenvalue weighted by molar-refractivity contribution is 7.90. The lowest BCUT2D eigenvalue weighted by Gasteiger charge is -2.34. The highest BCUT2D eigenvalue weighted by atomic mass is 32.2. The first-order valence-electron chi connectivity index (χ1n) is 21.0. The number of pyridine rings is 2. The van der Waals surface area contributed by atoms with Crippen LogP contribution in [0.2, 0.25) is 0 Å². The van der Waals surface area contributed by atoms with Gasteiger partial charge in [-0.2, -0.15) is 0 Å². The summed E-state index contributed by atoms with van der Waals surface area (Å²) in [6.45, 7) is 8.05. The van der Waals surface area contributed by atoms with Crippen molar-refractivity contribution in [2.24, 2.45) is 5.92 Å². The number of nitrogens with zero attached hydrogens (tertiary/aromatic N) is 5. The number of hydrogen-bond acceptors (Lipinski definition) is 8. The molecule has 0 bridgehead atoms. The molecule has 9 rings (SSSR count). The second kappa shape index (κ2) is 16.2.